The molecule has 0 aromatic heterocycles. The van der Waals surface area contributed by atoms with Gasteiger partial charge in [-0.25, -0.2) is 32.1 Å². The molecule has 0 unspecified atom stereocenters. The van der Waals surface area contributed by atoms with Gasteiger partial charge in [0.2, 0.25) is 0 Å². The van der Waals surface area contributed by atoms with Crippen LogP contribution >= 0.6 is 0 Å². The predicted octanol–water partition coefficient (Wildman–Crippen LogP) is 4.04. The molecule has 0 saturated carbocycles. The Bertz CT molecular complexity index is 961. The lowest BCUT2D eigenvalue weighted by Crippen LogP contribution is -2.49. The summed E-state index contributed by atoms with van der Waals surface area (Å²) < 4.78 is 55.4. The lowest BCUT2D eigenvalue weighted by atomic mass is 10.0. The van der Waals surface area contributed by atoms with E-state index in [9.17, 15) is 27.2 Å². The quantitative estimate of drug-likeness (QED) is 0.483. The molecule has 7 nitrogen and oxygen atoms in total. The van der Waals surface area contributed by atoms with Crippen LogP contribution in [-0.4, -0.2) is 62.4 Å². The molecule has 0 atom stereocenters. The molecule has 190 valence electrons. The second-order valence-electron chi connectivity index (χ2n) is 8.11. The first-order chi connectivity index (χ1) is 16.8. The Morgan fingerprint density at radius 3 is 2.14 bits per heavy atom. The van der Waals surface area contributed by atoms with Gasteiger partial charge in [-0.3, -0.25) is 0 Å². The largest absolute Gasteiger partial charge is 0.449 e. The Labute approximate surface area is 201 Å². The van der Waals surface area contributed by atoms with Crippen molar-refractivity contribution in [1.29, 1.82) is 0 Å². The third kappa shape index (κ3) is 8.13. The maximum atomic E-state index is 13.3. The standard InChI is InChI=1S/C18H24F2N4O3.C6H4F2/c19-13-10-14(20)12-16(11-13)23-7-2-15(3-8-23)21-4-5-22-17(25)24-6-1-9-27-18(24)26;7-5-3-1-2-4-6(5)8/h10-12,15,21H,1-9H2,(H,22,25);1-4H. The van der Waals surface area contributed by atoms with Crippen molar-refractivity contribution in [3.8, 4) is 0 Å². The third-order valence-corrected chi connectivity index (χ3v) is 5.58. The summed E-state index contributed by atoms with van der Waals surface area (Å²) >= 11 is 0. The number of carbonyl (C=O) groups is 2. The molecule has 0 spiro atoms. The molecular weight excluding hydrogens is 468 g/mol. The molecule has 2 heterocycles. The van der Waals surface area contributed by atoms with E-state index in [1.807, 2.05) is 4.90 Å². The number of cyclic esters (lactones) is 1. The smallest absolute Gasteiger partial charge is 0.417 e. The van der Waals surface area contributed by atoms with E-state index in [2.05, 4.69) is 10.6 Å². The van der Waals surface area contributed by atoms with E-state index in [0.717, 1.165) is 35.9 Å². The van der Waals surface area contributed by atoms with Crippen molar-refractivity contribution in [2.75, 3.05) is 44.2 Å². The summed E-state index contributed by atoms with van der Waals surface area (Å²) in [6.45, 7) is 3.10. The number of hydrogen-bond donors (Lipinski definition) is 2. The highest BCUT2D eigenvalue weighted by Gasteiger charge is 2.26. The van der Waals surface area contributed by atoms with Crippen molar-refractivity contribution in [3.63, 3.8) is 0 Å². The number of imide groups is 1. The maximum absolute atomic E-state index is 13.3. The summed E-state index contributed by atoms with van der Waals surface area (Å²) in [5.41, 5.74) is 0.562. The van der Waals surface area contributed by atoms with Gasteiger partial charge in [-0.15, -0.1) is 0 Å². The van der Waals surface area contributed by atoms with Crippen LogP contribution in [0.1, 0.15) is 19.3 Å². The van der Waals surface area contributed by atoms with Crippen LogP contribution in [0.4, 0.5) is 32.8 Å². The minimum absolute atomic E-state index is 0.275. The van der Waals surface area contributed by atoms with E-state index >= 15 is 0 Å². The second-order valence-corrected chi connectivity index (χ2v) is 8.11. The van der Waals surface area contributed by atoms with Crippen LogP contribution in [0.2, 0.25) is 0 Å². The number of nitrogens with zero attached hydrogens (tertiary/aromatic N) is 2. The fraction of sp³-hybridized carbons (Fsp3) is 0.417. The first kappa shape index (κ1) is 26.3. The number of ether oxygens (including phenoxy) is 1. The topological polar surface area (TPSA) is 73.9 Å². The molecule has 3 amide bonds. The van der Waals surface area contributed by atoms with Crippen molar-refractivity contribution in [3.05, 3.63) is 65.7 Å². The van der Waals surface area contributed by atoms with E-state index < -0.39 is 35.4 Å². The predicted molar refractivity (Wildman–Crippen MR) is 122 cm³/mol. The molecule has 2 aromatic carbocycles. The fourth-order valence-corrected chi connectivity index (χ4v) is 3.78. The normalized spacial score (nSPS) is 16.3. The number of benzene rings is 2. The zero-order valence-corrected chi connectivity index (χ0v) is 19.1. The van der Waals surface area contributed by atoms with Gasteiger partial charge in [0.25, 0.3) is 0 Å². The number of amides is 3. The van der Waals surface area contributed by atoms with Crippen molar-refractivity contribution in [1.82, 2.24) is 15.5 Å². The van der Waals surface area contributed by atoms with E-state index in [-0.39, 0.29) is 6.04 Å². The van der Waals surface area contributed by atoms with Crippen molar-refractivity contribution < 1.29 is 31.9 Å². The number of halogens is 4. The summed E-state index contributed by atoms with van der Waals surface area (Å²) in [7, 11) is 0. The molecule has 11 heteroatoms. The molecule has 2 saturated heterocycles. The molecule has 2 aliphatic rings. The number of carbonyl (C=O) groups excluding carboxylic acids is 2. The van der Waals surface area contributed by atoms with Gasteiger partial charge >= 0.3 is 12.1 Å². The SMILES string of the molecule is Fc1ccccc1F.O=C(NCCNC1CCN(c2cc(F)cc(F)c2)CC1)N1CCCOC1=O. The van der Waals surface area contributed by atoms with Gasteiger partial charge in [-0.1, -0.05) is 12.1 Å². The molecule has 0 radical (unpaired) electrons. The van der Waals surface area contributed by atoms with Gasteiger partial charge < -0.3 is 20.3 Å². The van der Waals surface area contributed by atoms with E-state index in [0.29, 0.717) is 51.4 Å². The van der Waals surface area contributed by atoms with Gasteiger partial charge in [-0.2, -0.15) is 0 Å². The Balaban J connectivity index is 0.000000363. The number of piperidine rings is 1. The Morgan fingerprint density at radius 1 is 0.943 bits per heavy atom. The van der Waals surface area contributed by atoms with Crippen LogP contribution in [0, 0.1) is 23.3 Å². The van der Waals surface area contributed by atoms with Gasteiger partial charge in [0.05, 0.1) is 6.61 Å². The summed E-state index contributed by atoms with van der Waals surface area (Å²) in [4.78, 5) is 26.4. The van der Waals surface area contributed by atoms with Crippen LogP contribution in [0.15, 0.2) is 42.5 Å². The van der Waals surface area contributed by atoms with Crippen LogP contribution < -0.4 is 15.5 Å². The number of nitrogens with one attached hydrogen (secondary N) is 2. The average Bonchev–Trinajstić information content (AvgIpc) is 2.84. The van der Waals surface area contributed by atoms with Gasteiger partial charge in [-0.05, 0) is 43.5 Å². The minimum Gasteiger partial charge on any atom is -0.449 e. The summed E-state index contributed by atoms with van der Waals surface area (Å²) in [6, 6.07) is 8.44. The maximum Gasteiger partial charge on any atom is 0.417 e. The molecule has 0 aliphatic carbocycles. The van der Waals surface area contributed by atoms with Crippen molar-refractivity contribution >= 4 is 17.8 Å². The second kappa shape index (κ2) is 12.9. The number of urea groups is 1. The number of anilines is 1. The lowest BCUT2D eigenvalue weighted by molar-refractivity contribution is 0.0838. The highest BCUT2D eigenvalue weighted by Crippen LogP contribution is 2.22. The molecule has 4 rings (SSSR count). The monoisotopic (exact) mass is 496 g/mol. The zero-order valence-electron chi connectivity index (χ0n) is 19.1. The van der Waals surface area contributed by atoms with Crippen LogP contribution in [0.5, 0.6) is 0 Å². The summed E-state index contributed by atoms with van der Waals surface area (Å²) in [5.74, 6) is -2.74. The molecule has 2 fully saturated rings. The van der Waals surface area contributed by atoms with E-state index in [4.69, 9.17) is 4.74 Å². The van der Waals surface area contributed by atoms with Crippen molar-refractivity contribution in [2.45, 2.75) is 25.3 Å². The number of hydrogen-bond acceptors (Lipinski definition) is 5. The summed E-state index contributed by atoms with van der Waals surface area (Å²) in [6.07, 6.45) is 1.72. The summed E-state index contributed by atoms with van der Waals surface area (Å²) in [5, 5.41) is 6.06. The lowest BCUT2D eigenvalue weighted by Gasteiger charge is -2.34. The van der Waals surface area contributed by atoms with Gasteiger partial charge in [0.1, 0.15) is 11.6 Å². The van der Waals surface area contributed by atoms with E-state index in [1.54, 1.807) is 0 Å². The molecule has 2 aliphatic heterocycles. The first-order valence-corrected chi connectivity index (χ1v) is 11.4. The molecular formula is C24H28F4N4O3. The fourth-order valence-electron chi connectivity index (χ4n) is 3.78. The molecule has 2 N–H and O–H groups in total. The molecule has 35 heavy (non-hydrogen) atoms. The first-order valence-electron chi connectivity index (χ1n) is 11.4. The molecule has 0 bridgehead atoms. The number of rotatable bonds is 5. The highest BCUT2D eigenvalue weighted by atomic mass is 19.2. The van der Waals surface area contributed by atoms with E-state index in [1.165, 1.54) is 24.3 Å². The van der Waals surface area contributed by atoms with Gasteiger partial charge in [0, 0.05) is 50.5 Å². The van der Waals surface area contributed by atoms with Crippen LogP contribution in [0.25, 0.3) is 0 Å². The van der Waals surface area contributed by atoms with Gasteiger partial charge in [0.15, 0.2) is 11.6 Å². The van der Waals surface area contributed by atoms with Crippen LogP contribution in [-0.2, 0) is 4.74 Å². The average molecular weight is 497 g/mol. The Hall–Kier alpha value is -3.34. The Kier molecular flexibility index (Phi) is 9.71. The zero-order chi connectivity index (χ0) is 25.2. The Morgan fingerprint density at radius 2 is 1.57 bits per heavy atom. The van der Waals surface area contributed by atoms with Crippen LogP contribution in [0.3, 0.4) is 0 Å². The molecule has 2 aromatic rings. The third-order valence-electron chi connectivity index (χ3n) is 5.58. The minimum atomic E-state index is -0.799. The van der Waals surface area contributed by atoms with Crippen molar-refractivity contribution in [2.24, 2.45) is 0 Å². The highest BCUT2D eigenvalue weighted by molar-refractivity contribution is 5.91.